The van der Waals surface area contributed by atoms with Crippen LogP contribution in [0.25, 0.3) is 0 Å². The Balaban J connectivity index is 2.17. The number of H-pyrrole nitrogens is 1. The van der Waals surface area contributed by atoms with Crippen LogP contribution >= 0.6 is 0 Å². The van der Waals surface area contributed by atoms with Gasteiger partial charge < -0.3 is 5.32 Å². The highest BCUT2D eigenvalue weighted by atomic mass is 16.1. The first-order valence-corrected chi connectivity index (χ1v) is 5.02. The molecule has 1 aromatic heterocycles. The summed E-state index contributed by atoms with van der Waals surface area (Å²) in [4.78, 5) is 11.8. The number of hydrogen-bond donors (Lipinski definition) is 2. The van der Waals surface area contributed by atoms with E-state index in [4.69, 9.17) is 5.26 Å². The standard InChI is InChI=1S/C12H10N4O/c1-8-5-11(16-15-8)14-12(17)10-4-2-3-9(6-10)7-13/h2-6H,1H3,(H2,14,15,16,17). The molecule has 84 valence electrons. The average Bonchev–Trinajstić information content (AvgIpc) is 2.75. The lowest BCUT2D eigenvalue weighted by Gasteiger charge is -2.01. The second kappa shape index (κ2) is 4.49. The number of amides is 1. The van der Waals surface area contributed by atoms with Gasteiger partial charge in [-0.05, 0) is 25.1 Å². The molecule has 0 atom stereocenters. The van der Waals surface area contributed by atoms with Crippen LogP contribution in [0.15, 0.2) is 30.3 Å². The third-order valence-electron chi connectivity index (χ3n) is 2.20. The maximum Gasteiger partial charge on any atom is 0.256 e. The molecule has 5 heteroatoms. The topological polar surface area (TPSA) is 81.6 Å². The van der Waals surface area contributed by atoms with Gasteiger partial charge in [0.05, 0.1) is 11.6 Å². The predicted octanol–water partition coefficient (Wildman–Crippen LogP) is 1.84. The Morgan fingerprint density at radius 3 is 2.94 bits per heavy atom. The van der Waals surface area contributed by atoms with E-state index in [1.165, 1.54) is 6.07 Å². The zero-order valence-electron chi connectivity index (χ0n) is 9.19. The van der Waals surface area contributed by atoms with E-state index in [2.05, 4.69) is 15.5 Å². The molecular formula is C12H10N4O. The van der Waals surface area contributed by atoms with Crippen molar-refractivity contribution >= 4 is 11.7 Å². The lowest BCUT2D eigenvalue weighted by atomic mass is 10.1. The fourth-order valence-corrected chi connectivity index (χ4v) is 1.40. The summed E-state index contributed by atoms with van der Waals surface area (Å²) in [5.74, 6) is 0.184. The fraction of sp³-hybridized carbons (Fsp3) is 0.0833. The summed E-state index contributed by atoms with van der Waals surface area (Å²) >= 11 is 0. The molecule has 0 saturated heterocycles. The van der Waals surface area contributed by atoms with Gasteiger partial charge in [0.2, 0.25) is 0 Å². The molecule has 0 bridgehead atoms. The minimum Gasteiger partial charge on any atom is -0.305 e. The van der Waals surface area contributed by atoms with Crippen LogP contribution in [0.3, 0.4) is 0 Å². The molecule has 2 rings (SSSR count). The summed E-state index contributed by atoms with van der Waals surface area (Å²) in [6.07, 6.45) is 0. The molecule has 0 unspecified atom stereocenters. The van der Waals surface area contributed by atoms with E-state index in [9.17, 15) is 4.79 Å². The fourth-order valence-electron chi connectivity index (χ4n) is 1.40. The Morgan fingerprint density at radius 2 is 2.29 bits per heavy atom. The first-order valence-electron chi connectivity index (χ1n) is 5.02. The van der Waals surface area contributed by atoms with Gasteiger partial charge in [-0.15, -0.1) is 0 Å². The molecule has 1 heterocycles. The summed E-state index contributed by atoms with van der Waals surface area (Å²) in [5, 5.41) is 18.0. The van der Waals surface area contributed by atoms with Crippen molar-refractivity contribution in [3.8, 4) is 6.07 Å². The Kier molecular flexibility index (Phi) is 2.88. The highest BCUT2D eigenvalue weighted by Crippen LogP contribution is 2.09. The molecule has 1 aromatic carbocycles. The highest BCUT2D eigenvalue weighted by molar-refractivity contribution is 6.03. The number of anilines is 1. The molecular weight excluding hydrogens is 216 g/mol. The summed E-state index contributed by atoms with van der Waals surface area (Å²) in [5.41, 5.74) is 1.76. The number of benzene rings is 1. The maximum atomic E-state index is 11.8. The number of nitrogens with zero attached hydrogens (tertiary/aromatic N) is 2. The van der Waals surface area contributed by atoms with Crippen LogP contribution in [0.5, 0.6) is 0 Å². The van der Waals surface area contributed by atoms with Crippen LogP contribution < -0.4 is 5.32 Å². The second-order valence-corrected chi connectivity index (χ2v) is 3.58. The zero-order chi connectivity index (χ0) is 12.3. The van der Waals surface area contributed by atoms with Crippen LogP contribution in [0.2, 0.25) is 0 Å². The van der Waals surface area contributed by atoms with Gasteiger partial charge in [0, 0.05) is 17.3 Å². The monoisotopic (exact) mass is 226 g/mol. The molecule has 17 heavy (non-hydrogen) atoms. The number of carbonyl (C=O) groups excluding carboxylic acids is 1. The van der Waals surface area contributed by atoms with Gasteiger partial charge in [-0.25, -0.2) is 0 Å². The van der Waals surface area contributed by atoms with E-state index in [0.29, 0.717) is 16.9 Å². The van der Waals surface area contributed by atoms with Crippen molar-refractivity contribution < 1.29 is 4.79 Å². The summed E-state index contributed by atoms with van der Waals surface area (Å²) in [7, 11) is 0. The smallest absolute Gasteiger partial charge is 0.256 e. The van der Waals surface area contributed by atoms with Crippen molar-refractivity contribution in [2.45, 2.75) is 6.92 Å². The lowest BCUT2D eigenvalue weighted by Crippen LogP contribution is -2.12. The molecule has 2 aromatic rings. The first kappa shape index (κ1) is 10.9. The van der Waals surface area contributed by atoms with Crippen LogP contribution in [-0.2, 0) is 0 Å². The van der Waals surface area contributed by atoms with E-state index in [1.807, 2.05) is 13.0 Å². The van der Waals surface area contributed by atoms with Gasteiger partial charge in [-0.1, -0.05) is 6.07 Å². The van der Waals surface area contributed by atoms with E-state index in [0.717, 1.165) is 5.69 Å². The van der Waals surface area contributed by atoms with E-state index in [1.54, 1.807) is 24.3 Å². The molecule has 1 amide bonds. The van der Waals surface area contributed by atoms with Crippen LogP contribution in [0, 0.1) is 18.3 Å². The van der Waals surface area contributed by atoms with E-state index < -0.39 is 0 Å². The summed E-state index contributed by atoms with van der Waals surface area (Å²) in [6.45, 7) is 1.85. The number of aromatic nitrogens is 2. The van der Waals surface area contributed by atoms with Gasteiger partial charge in [0.1, 0.15) is 0 Å². The largest absolute Gasteiger partial charge is 0.305 e. The third-order valence-corrected chi connectivity index (χ3v) is 2.20. The Labute approximate surface area is 98.1 Å². The molecule has 0 aliphatic carbocycles. The van der Waals surface area contributed by atoms with Crippen LogP contribution in [-0.4, -0.2) is 16.1 Å². The molecule has 0 aliphatic rings. The number of aryl methyl sites for hydroxylation is 1. The Morgan fingerprint density at radius 1 is 1.47 bits per heavy atom. The minimum absolute atomic E-state index is 0.284. The average molecular weight is 226 g/mol. The molecule has 0 aliphatic heterocycles. The van der Waals surface area contributed by atoms with Gasteiger partial charge >= 0.3 is 0 Å². The van der Waals surface area contributed by atoms with E-state index in [-0.39, 0.29) is 5.91 Å². The predicted molar refractivity (Wildman–Crippen MR) is 62.4 cm³/mol. The SMILES string of the molecule is Cc1cc(NC(=O)c2cccc(C#N)c2)n[nH]1. The molecule has 2 N–H and O–H groups in total. The van der Waals surface area contributed by atoms with Gasteiger partial charge in [-0.2, -0.15) is 10.4 Å². The van der Waals surface area contributed by atoms with Gasteiger partial charge in [0.25, 0.3) is 5.91 Å². The highest BCUT2D eigenvalue weighted by Gasteiger charge is 2.08. The number of aromatic amines is 1. The number of rotatable bonds is 2. The number of nitriles is 1. The first-order chi connectivity index (χ1) is 8.19. The summed E-state index contributed by atoms with van der Waals surface area (Å²) < 4.78 is 0. The molecule has 0 spiro atoms. The van der Waals surface area contributed by atoms with Crippen molar-refractivity contribution in [1.82, 2.24) is 10.2 Å². The van der Waals surface area contributed by atoms with Crippen molar-refractivity contribution in [1.29, 1.82) is 5.26 Å². The van der Waals surface area contributed by atoms with Crippen molar-refractivity contribution in [2.75, 3.05) is 5.32 Å². The molecule has 0 radical (unpaired) electrons. The van der Waals surface area contributed by atoms with Crippen LogP contribution in [0.4, 0.5) is 5.82 Å². The Hall–Kier alpha value is -2.61. The Bertz CT molecular complexity index is 595. The van der Waals surface area contributed by atoms with Crippen molar-refractivity contribution in [3.63, 3.8) is 0 Å². The normalized spacial score (nSPS) is 9.65. The molecule has 0 saturated carbocycles. The molecule has 0 fully saturated rings. The van der Waals surface area contributed by atoms with Gasteiger partial charge in [-0.3, -0.25) is 9.89 Å². The maximum absolute atomic E-state index is 11.8. The van der Waals surface area contributed by atoms with Crippen molar-refractivity contribution in [2.24, 2.45) is 0 Å². The van der Waals surface area contributed by atoms with Crippen LogP contribution in [0.1, 0.15) is 21.6 Å². The second-order valence-electron chi connectivity index (χ2n) is 3.58. The number of nitrogens with one attached hydrogen (secondary N) is 2. The number of hydrogen-bond acceptors (Lipinski definition) is 3. The lowest BCUT2D eigenvalue weighted by molar-refractivity contribution is 0.102. The van der Waals surface area contributed by atoms with Gasteiger partial charge in [0.15, 0.2) is 5.82 Å². The van der Waals surface area contributed by atoms with Crippen molar-refractivity contribution in [3.05, 3.63) is 47.2 Å². The quantitative estimate of drug-likeness (QED) is 0.819. The van der Waals surface area contributed by atoms with E-state index >= 15 is 0 Å². The minimum atomic E-state index is -0.284. The summed E-state index contributed by atoms with van der Waals surface area (Å²) in [6, 6.07) is 10.2. The number of carbonyl (C=O) groups is 1. The molecule has 5 nitrogen and oxygen atoms in total. The third kappa shape index (κ3) is 2.49. The zero-order valence-corrected chi connectivity index (χ0v) is 9.19.